The lowest BCUT2D eigenvalue weighted by atomic mass is 10.0. The van der Waals surface area contributed by atoms with E-state index in [1.165, 1.54) is 18.2 Å². The average Bonchev–Trinajstić information content (AvgIpc) is 2.61. The molecule has 3 rings (SSSR count). The van der Waals surface area contributed by atoms with Crippen molar-refractivity contribution in [3.63, 3.8) is 0 Å². The first kappa shape index (κ1) is 18.3. The first-order valence-electron chi connectivity index (χ1n) is 8.32. The second-order valence-electron chi connectivity index (χ2n) is 6.26. The number of carbonyl (C=O) groups excluding carboxylic acids is 2. The van der Waals surface area contributed by atoms with Gasteiger partial charge in [0.1, 0.15) is 11.5 Å². The minimum Gasteiger partial charge on any atom is -0.508 e. The number of nitrogens with zero attached hydrogens (tertiary/aromatic N) is 1. The van der Waals surface area contributed by atoms with Gasteiger partial charge in [0.05, 0.1) is 5.56 Å². The number of hydrogen-bond acceptors (Lipinski definition) is 4. The number of phenols is 2. The van der Waals surface area contributed by atoms with Crippen LogP contribution in [0.15, 0.2) is 46.9 Å². The molecule has 1 aliphatic rings. The summed E-state index contributed by atoms with van der Waals surface area (Å²) < 4.78 is 0.768. The van der Waals surface area contributed by atoms with Crippen LogP contribution in [0.4, 0.5) is 0 Å². The first-order valence-corrected chi connectivity index (χ1v) is 9.11. The van der Waals surface area contributed by atoms with Gasteiger partial charge in [-0.2, -0.15) is 0 Å². The van der Waals surface area contributed by atoms with Crippen LogP contribution in [0.1, 0.15) is 33.6 Å². The number of nitrogens with one attached hydrogen (secondary N) is 1. The summed E-state index contributed by atoms with van der Waals surface area (Å²) in [7, 11) is 0. The van der Waals surface area contributed by atoms with Gasteiger partial charge in [-0.05, 0) is 53.0 Å². The fourth-order valence-corrected chi connectivity index (χ4v) is 3.48. The Bertz CT molecular complexity index is 812. The molecule has 0 atom stereocenters. The van der Waals surface area contributed by atoms with Gasteiger partial charge in [0.2, 0.25) is 0 Å². The van der Waals surface area contributed by atoms with E-state index in [9.17, 15) is 19.8 Å². The van der Waals surface area contributed by atoms with Gasteiger partial charge in [0.25, 0.3) is 11.8 Å². The normalized spacial score (nSPS) is 14.9. The van der Waals surface area contributed by atoms with Gasteiger partial charge in [-0.3, -0.25) is 9.59 Å². The Hall–Kier alpha value is -2.54. The lowest BCUT2D eigenvalue weighted by molar-refractivity contribution is 0.0697. The third-order valence-electron chi connectivity index (χ3n) is 4.39. The van der Waals surface area contributed by atoms with E-state index in [4.69, 9.17) is 0 Å². The smallest absolute Gasteiger partial charge is 0.254 e. The van der Waals surface area contributed by atoms with E-state index in [1.807, 2.05) is 18.2 Å². The van der Waals surface area contributed by atoms with Gasteiger partial charge in [0.15, 0.2) is 0 Å². The van der Waals surface area contributed by atoms with Gasteiger partial charge in [-0.15, -0.1) is 0 Å². The lowest BCUT2D eigenvalue weighted by Crippen LogP contribution is -2.46. The number of phenolic OH excluding ortho intramolecular Hbond substituents is 2. The summed E-state index contributed by atoms with van der Waals surface area (Å²) in [6, 6.07) is 11.0. The molecule has 0 saturated carbocycles. The summed E-state index contributed by atoms with van der Waals surface area (Å²) in [4.78, 5) is 26.7. The van der Waals surface area contributed by atoms with E-state index in [2.05, 4.69) is 21.2 Å². The van der Waals surface area contributed by atoms with Gasteiger partial charge >= 0.3 is 0 Å². The minimum absolute atomic E-state index is 0.0276. The molecule has 1 fully saturated rings. The topological polar surface area (TPSA) is 89.9 Å². The SMILES string of the molecule is O=C(NC1CCN(C(=O)c2ccccc2Br)CC1)c1cc(O)cc(O)c1. The largest absolute Gasteiger partial charge is 0.508 e. The Morgan fingerprint density at radius 3 is 2.27 bits per heavy atom. The highest BCUT2D eigenvalue weighted by atomic mass is 79.9. The number of likely N-dealkylation sites (tertiary alicyclic amines) is 1. The molecule has 0 radical (unpaired) electrons. The van der Waals surface area contributed by atoms with Gasteiger partial charge < -0.3 is 20.4 Å². The molecule has 0 bridgehead atoms. The first-order chi connectivity index (χ1) is 12.4. The minimum atomic E-state index is -0.355. The van der Waals surface area contributed by atoms with E-state index < -0.39 is 0 Å². The summed E-state index contributed by atoms with van der Waals surface area (Å²) in [5, 5.41) is 21.9. The van der Waals surface area contributed by atoms with E-state index in [1.54, 1.807) is 11.0 Å². The Morgan fingerprint density at radius 2 is 1.65 bits per heavy atom. The maximum atomic E-state index is 12.6. The second-order valence-corrected chi connectivity index (χ2v) is 7.11. The zero-order valence-electron chi connectivity index (χ0n) is 14.0. The molecule has 0 spiro atoms. The number of hydrogen-bond donors (Lipinski definition) is 3. The zero-order chi connectivity index (χ0) is 18.7. The fourth-order valence-electron chi connectivity index (χ4n) is 3.03. The van der Waals surface area contributed by atoms with Gasteiger partial charge in [-0.1, -0.05) is 12.1 Å². The van der Waals surface area contributed by atoms with E-state index >= 15 is 0 Å². The van der Waals surface area contributed by atoms with Crippen molar-refractivity contribution in [3.05, 3.63) is 58.1 Å². The summed E-state index contributed by atoms with van der Waals surface area (Å²) in [6.07, 6.45) is 1.29. The summed E-state index contributed by atoms with van der Waals surface area (Å²) in [6.45, 7) is 1.10. The maximum absolute atomic E-state index is 12.6. The Labute approximate surface area is 159 Å². The van der Waals surface area contributed by atoms with Gasteiger partial charge in [0, 0.05) is 35.2 Å². The van der Waals surface area contributed by atoms with Crippen LogP contribution in [0.5, 0.6) is 11.5 Å². The molecule has 136 valence electrons. The maximum Gasteiger partial charge on any atom is 0.254 e. The van der Waals surface area contributed by atoms with Crippen LogP contribution in [0.25, 0.3) is 0 Å². The number of amides is 2. The summed E-state index contributed by atoms with van der Waals surface area (Å²) in [5.74, 6) is -0.708. The molecule has 7 heteroatoms. The Balaban J connectivity index is 1.58. The monoisotopic (exact) mass is 418 g/mol. The van der Waals surface area contributed by atoms with E-state index in [-0.39, 0.29) is 34.9 Å². The number of aromatic hydroxyl groups is 2. The second kappa shape index (κ2) is 7.78. The van der Waals surface area contributed by atoms with Crippen LogP contribution >= 0.6 is 15.9 Å². The van der Waals surface area contributed by atoms with Crippen LogP contribution in [-0.2, 0) is 0 Å². The van der Waals surface area contributed by atoms with Crippen molar-refractivity contribution in [2.24, 2.45) is 0 Å². The quantitative estimate of drug-likeness (QED) is 0.714. The molecule has 1 heterocycles. The average molecular weight is 419 g/mol. The number of piperidine rings is 1. The van der Waals surface area contributed by atoms with Crippen LogP contribution in [0.3, 0.4) is 0 Å². The number of carbonyl (C=O) groups is 2. The van der Waals surface area contributed by atoms with Crippen molar-refractivity contribution >= 4 is 27.7 Å². The Morgan fingerprint density at radius 1 is 1.04 bits per heavy atom. The van der Waals surface area contributed by atoms with E-state index in [0.717, 1.165) is 4.47 Å². The highest BCUT2D eigenvalue weighted by molar-refractivity contribution is 9.10. The van der Waals surface area contributed by atoms with Crippen LogP contribution in [0, 0.1) is 0 Å². The molecular formula is C19H19BrN2O4. The predicted octanol–water partition coefficient (Wildman–Crippen LogP) is 2.89. The highest BCUT2D eigenvalue weighted by Crippen LogP contribution is 2.22. The summed E-state index contributed by atoms with van der Waals surface area (Å²) in [5.41, 5.74) is 0.833. The van der Waals surface area contributed by atoms with Crippen LogP contribution in [0.2, 0.25) is 0 Å². The molecular weight excluding hydrogens is 400 g/mol. The molecule has 1 saturated heterocycles. The van der Waals surface area contributed by atoms with E-state index in [0.29, 0.717) is 31.5 Å². The molecule has 26 heavy (non-hydrogen) atoms. The molecule has 2 aromatic carbocycles. The standard InChI is InChI=1S/C19H19BrN2O4/c20-17-4-2-1-3-16(17)19(26)22-7-5-13(6-8-22)21-18(25)12-9-14(23)11-15(24)10-12/h1-4,9-11,13,23-24H,5-8H2,(H,21,25). The number of halogens is 1. The number of benzene rings is 2. The molecule has 0 aliphatic carbocycles. The molecule has 0 unspecified atom stereocenters. The third kappa shape index (κ3) is 4.16. The third-order valence-corrected chi connectivity index (χ3v) is 5.08. The molecule has 2 aromatic rings. The molecule has 6 nitrogen and oxygen atoms in total. The number of rotatable bonds is 3. The van der Waals surface area contributed by atoms with Crippen molar-refractivity contribution < 1.29 is 19.8 Å². The zero-order valence-corrected chi connectivity index (χ0v) is 15.6. The molecule has 2 amide bonds. The van der Waals surface area contributed by atoms with Crippen molar-refractivity contribution in [3.8, 4) is 11.5 Å². The molecule has 1 aliphatic heterocycles. The summed E-state index contributed by atoms with van der Waals surface area (Å²) >= 11 is 3.40. The van der Waals surface area contributed by atoms with Crippen molar-refractivity contribution in [2.45, 2.75) is 18.9 Å². The van der Waals surface area contributed by atoms with Crippen molar-refractivity contribution in [1.82, 2.24) is 10.2 Å². The Kier molecular flexibility index (Phi) is 5.46. The van der Waals surface area contributed by atoms with Gasteiger partial charge in [-0.25, -0.2) is 0 Å². The van der Waals surface area contributed by atoms with Crippen LogP contribution < -0.4 is 5.32 Å². The van der Waals surface area contributed by atoms with Crippen molar-refractivity contribution in [1.29, 1.82) is 0 Å². The highest BCUT2D eigenvalue weighted by Gasteiger charge is 2.25. The molecule has 0 aromatic heterocycles. The predicted molar refractivity (Wildman–Crippen MR) is 100 cm³/mol. The molecule has 3 N–H and O–H groups in total. The van der Waals surface area contributed by atoms with Crippen molar-refractivity contribution in [2.75, 3.05) is 13.1 Å². The van der Waals surface area contributed by atoms with Crippen LogP contribution in [-0.4, -0.2) is 46.1 Å². The lowest BCUT2D eigenvalue weighted by Gasteiger charge is -2.32. The fraction of sp³-hybridized carbons (Fsp3) is 0.263.